The van der Waals surface area contributed by atoms with Crippen molar-refractivity contribution in [3.63, 3.8) is 0 Å². The van der Waals surface area contributed by atoms with Gasteiger partial charge < -0.3 is 15.4 Å². The molecule has 192 valence electrons. The summed E-state index contributed by atoms with van der Waals surface area (Å²) in [6.07, 6.45) is 4.84. The van der Waals surface area contributed by atoms with Crippen molar-refractivity contribution in [3.8, 4) is 22.9 Å². The molecule has 0 spiro atoms. The second kappa shape index (κ2) is 9.81. The zero-order valence-corrected chi connectivity index (χ0v) is 21.2. The van der Waals surface area contributed by atoms with E-state index in [1.165, 1.54) is 24.5 Å². The molecule has 0 radical (unpaired) electrons. The fourth-order valence-corrected chi connectivity index (χ4v) is 4.39. The molecule has 0 unspecified atom stereocenters. The van der Waals surface area contributed by atoms with Crippen molar-refractivity contribution >= 4 is 27.1 Å². The minimum Gasteiger partial charge on any atom is -0.437 e. The van der Waals surface area contributed by atoms with Crippen LogP contribution in [0.15, 0.2) is 54.7 Å². The van der Waals surface area contributed by atoms with Gasteiger partial charge >= 0.3 is 0 Å². The summed E-state index contributed by atoms with van der Waals surface area (Å²) in [5, 5.41) is 10.7. The van der Waals surface area contributed by atoms with E-state index in [1.54, 1.807) is 28.9 Å². The zero-order valence-electron chi connectivity index (χ0n) is 20.4. The van der Waals surface area contributed by atoms with Crippen molar-refractivity contribution in [2.45, 2.75) is 25.8 Å². The molecular weight excluding hydrogens is 497 g/mol. The number of anilines is 1. The first-order valence-electron chi connectivity index (χ1n) is 11.8. The molecule has 11 heteroatoms. The number of amides is 1. The SMILES string of the molecule is Cc1cc(-c2cnc3c(NCCS(C)(=O)=O)cc(Oc4cccc(F)c4)nn23)ccc1C(=O)NC1CC1. The third kappa shape index (κ3) is 5.88. The summed E-state index contributed by atoms with van der Waals surface area (Å²) in [5.41, 5.74) is 3.81. The van der Waals surface area contributed by atoms with Crippen LogP contribution in [0.4, 0.5) is 10.1 Å². The number of benzene rings is 2. The Bertz CT molecular complexity index is 1600. The Balaban J connectivity index is 1.52. The number of hydrogen-bond donors (Lipinski definition) is 2. The first kappa shape index (κ1) is 24.7. The molecule has 5 rings (SSSR count). The highest BCUT2D eigenvalue weighted by Crippen LogP contribution is 2.30. The molecule has 0 saturated heterocycles. The molecule has 2 N–H and O–H groups in total. The number of nitrogens with zero attached hydrogens (tertiary/aromatic N) is 3. The molecule has 2 aromatic carbocycles. The summed E-state index contributed by atoms with van der Waals surface area (Å²) in [6, 6.07) is 13.0. The lowest BCUT2D eigenvalue weighted by Crippen LogP contribution is -2.26. The Morgan fingerprint density at radius 3 is 2.70 bits per heavy atom. The van der Waals surface area contributed by atoms with Crippen molar-refractivity contribution in [3.05, 3.63) is 71.7 Å². The summed E-state index contributed by atoms with van der Waals surface area (Å²) in [4.78, 5) is 17.0. The number of imidazole rings is 1. The highest BCUT2D eigenvalue weighted by atomic mass is 32.2. The fraction of sp³-hybridized carbons (Fsp3) is 0.269. The Morgan fingerprint density at radius 2 is 2.00 bits per heavy atom. The average Bonchev–Trinajstić information content (AvgIpc) is 3.53. The maximum atomic E-state index is 13.7. The van der Waals surface area contributed by atoms with Crippen LogP contribution in [0.1, 0.15) is 28.8 Å². The van der Waals surface area contributed by atoms with Crippen LogP contribution in [0.25, 0.3) is 16.9 Å². The molecule has 9 nitrogen and oxygen atoms in total. The van der Waals surface area contributed by atoms with E-state index in [4.69, 9.17) is 4.74 Å². The smallest absolute Gasteiger partial charge is 0.251 e. The van der Waals surface area contributed by atoms with Crippen molar-refractivity contribution in [1.82, 2.24) is 19.9 Å². The van der Waals surface area contributed by atoms with E-state index in [9.17, 15) is 17.6 Å². The Labute approximate surface area is 213 Å². The minimum atomic E-state index is -3.18. The van der Waals surface area contributed by atoms with Gasteiger partial charge in [-0.15, -0.1) is 5.10 Å². The summed E-state index contributed by atoms with van der Waals surface area (Å²) in [6.45, 7) is 2.03. The van der Waals surface area contributed by atoms with Crippen LogP contribution in [0, 0.1) is 12.7 Å². The van der Waals surface area contributed by atoms with Crippen LogP contribution >= 0.6 is 0 Å². The van der Waals surface area contributed by atoms with Crippen LogP contribution in [-0.2, 0) is 9.84 Å². The lowest BCUT2D eigenvalue weighted by molar-refractivity contribution is 0.0950. The van der Waals surface area contributed by atoms with Gasteiger partial charge in [-0.05, 0) is 49.6 Å². The average molecular weight is 524 g/mol. The lowest BCUT2D eigenvalue weighted by atomic mass is 10.0. The molecule has 1 aliphatic carbocycles. The van der Waals surface area contributed by atoms with Crippen LogP contribution in [-0.4, -0.2) is 53.5 Å². The van der Waals surface area contributed by atoms with Gasteiger partial charge in [0, 0.05) is 42.1 Å². The topological polar surface area (TPSA) is 115 Å². The summed E-state index contributed by atoms with van der Waals surface area (Å²) in [5.74, 6) is -0.187. The lowest BCUT2D eigenvalue weighted by Gasteiger charge is -2.12. The van der Waals surface area contributed by atoms with Gasteiger partial charge in [0.25, 0.3) is 5.91 Å². The first-order chi connectivity index (χ1) is 17.7. The third-order valence-electron chi connectivity index (χ3n) is 5.93. The van der Waals surface area contributed by atoms with Crippen molar-refractivity contribution < 1.29 is 22.3 Å². The number of ether oxygens (including phenoxy) is 1. The highest BCUT2D eigenvalue weighted by molar-refractivity contribution is 7.90. The zero-order chi connectivity index (χ0) is 26.2. The second-order valence-electron chi connectivity index (χ2n) is 9.17. The summed E-state index contributed by atoms with van der Waals surface area (Å²) in [7, 11) is -3.18. The van der Waals surface area contributed by atoms with Gasteiger partial charge in [0.2, 0.25) is 5.88 Å². The number of nitrogens with one attached hydrogen (secondary N) is 2. The quantitative estimate of drug-likeness (QED) is 0.341. The Morgan fingerprint density at radius 1 is 1.19 bits per heavy atom. The van der Waals surface area contributed by atoms with Gasteiger partial charge in [-0.25, -0.2) is 22.3 Å². The molecule has 0 bridgehead atoms. The van der Waals surface area contributed by atoms with E-state index in [0.29, 0.717) is 22.6 Å². The van der Waals surface area contributed by atoms with Gasteiger partial charge in [-0.3, -0.25) is 4.79 Å². The second-order valence-corrected chi connectivity index (χ2v) is 11.4. The summed E-state index contributed by atoms with van der Waals surface area (Å²) < 4.78 is 44.3. The largest absolute Gasteiger partial charge is 0.437 e. The van der Waals surface area contributed by atoms with Crippen LogP contribution in [0.3, 0.4) is 0 Å². The van der Waals surface area contributed by atoms with Gasteiger partial charge in [-0.1, -0.05) is 12.1 Å². The maximum absolute atomic E-state index is 13.7. The molecule has 0 atom stereocenters. The number of rotatable bonds is 9. The van der Waals surface area contributed by atoms with Gasteiger partial charge in [0.15, 0.2) is 5.65 Å². The van der Waals surface area contributed by atoms with Crippen molar-refractivity contribution in [2.75, 3.05) is 23.9 Å². The first-order valence-corrected chi connectivity index (χ1v) is 13.9. The number of carbonyl (C=O) groups excluding carboxylic acids is 1. The highest BCUT2D eigenvalue weighted by Gasteiger charge is 2.24. The molecule has 0 aliphatic heterocycles. The number of aromatic nitrogens is 3. The van der Waals surface area contributed by atoms with E-state index in [2.05, 4.69) is 20.7 Å². The van der Waals surface area contributed by atoms with Crippen LogP contribution in [0.5, 0.6) is 11.6 Å². The number of sulfone groups is 1. The van der Waals surface area contributed by atoms with E-state index < -0.39 is 15.7 Å². The van der Waals surface area contributed by atoms with Crippen molar-refractivity contribution in [1.29, 1.82) is 0 Å². The number of carbonyl (C=O) groups is 1. The molecular formula is C26H26FN5O4S. The monoisotopic (exact) mass is 523 g/mol. The Hall–Kier alpha value is -3.99. The molecule has 2 heterocycles. The molecule has 1 aliphatic rings. The molecule has 1 fully saturated rings. The van der Waals surface area contributed by atoms with Gasteiger partial charge in [0.05, 0.1) is 23.3 Å². The third-order valence-corrected chi connectivity index (χ3v) is 6.88. The predicted octanol–water partition coefficient (Wildman–Crippen LogP) is 3.98. The van der Waals surface area contributed by atoms with Crippen molar-refractivity contribution in [2.24, 2.45) is 0 Å². The van der Waals surface area contributed by atoms with E-state index in [0.717, 1.165) is 24.0 Å². The predicted molar refractivity (Wildman–Crippen MR) is 138 cm³/mol. The number of halogens is 1. The van der Waals surface area contributed by atoms with Gasteiger partial charge in [-0.2, -0.15) is 0 Å². The van der Waals surface area contributed by atoms with E-state index in [-0.39, 0.29) is 35.9 Å². The molecule has 4 aromatic rings. The number of fused-ring (bicyclic) bond motifs is 1. The van der Waals surface area contributed by atoms with E-state index >= 15 is 0 Å². The van der Waals surface area contributed by atoms with Crippen LogP contribution < -0.4 is 15.4 Å². The number of aryl methyl sites for hydroxylation is 1. The normalized spacial score (nSPS) is 13.5. The standard InChI is InChI=1S/C26H26FN5O4S/c1-16-12-17(6-9-21(16)26(33)30-19-7-8-19)23-15-29-25-22(28-10-11-37(2,34)35)14-24(31-32(23)25)36-20-5-3-4-18(27)13-20/h3-6,9,12-15,19,28H,7-8,10-11H2,1-2H3,(H,30,33). The molecule has 37 heavy (non-hydrogen) atoms. The Kier molecular flexibility index (Phi) is 6.55. The van der Waals surface area contributed by atoms with Gasteiger partial charge in [0.1, 0.15) is 21.4 Å². The minimum absolute atomic E-state index is 0.0707. The summed E-state index contributed by atoms with van der Waals surface area (Å²) >= 11 is 0. The van der Waals surface area contributed by atoms with E-state index in [1.807, 2.05) is 19.1 Å². The maximum Gasteiger partial charge on any atom is 0.251 e. The molecule has 1 saturated carbocycles. The number of hydrogen-bond acceptors (Lipinski definition) is 7. The molecule has 2 aromatic heterocycles. The van der Waals surface area contributed by atoms with Crippen LogP contribution in [0.2, 0.25) is 0 Å². The molecule has 1 amide bonds. The fourth-order valence-electron chi connectivity index (χ4n) is 3.91.